The van der Waals surface area contributed by atoms with Crippen LogP contribution >= 0.6 is 0 Å². The van der Waals surface area contributed by atoms with Crippen molar-refractivity contribution in [3.8, 4) is 5.75 Å². The molecule has 3 nitrogen and oxygen atoms in total. The lowest BCUT2D eigenvalue weighted by Gasteiger charge is -2.45. The van der Waals surface area contributed by atoms with Crippen LogP contribution < -0.4 is 15.4 Å². The van der Waals surface area contributed by atoms with Crippen LogP contribution in [-0.4, -0.2) is 19.2 Å². The summed E-state index contributed by atoms with van der Waals surface area (Å²) in [7, 11) is 0. The van der Waals surface area contributed by atoms with Crippen LogP contribution in [0.5, 0.6) is 5.75 Å². The summed E-state index contributed by atoms with van der Waals surface area (Å²) in [5.74, 6) is 0.724. The highest BCUT2D eigenvalue weighted by Crippen LogP contribution is 2.41. The molecule has 1 aromatic rings. The molecule has 1 heterocycles. The lowest BCUT2D eigenvalue weighted by Crippen LogP contribution is -2.47. The van der Waals surface area contributed by atoms with E-state index >= 15 is 0 Å². The summed E-state index contributed by atoms with van der Waals surface area (Å²) in [6.45, 7) is 3.35. The molecular weight excluding hydrogens is 267 g/mol. The minimum absolute atomic E-state index is 0.319. The van der Waals surface area contributed by atoms with Crippen molar-refractivity contribution < 1.29 is 9.13 Å². The van der Waals surface area contributed by atoms with Crippen LogP contribution in [0.3, 0.4) is 0 Å². The Bertz CT molecular complexity index is 504. The van der Waals surface area contributed by atoms with Gasteiger partial charge in [-0.3, -0.25) is 0 Å². The Morgan fingerprint density at radius 3 is 2.81 bits per heavy atom. The zero-order chi connectivity index (χ0) is 14.8. The fourth-order valence-electron chi connectivity index (χ4n) is 4.00. The van der Waals surface area contributed by atoms with Crippen molar-refractivity contribution in [3.63, 3.8) is 0 Å². The van der Waals surface area contributed by atoms with Crippen molar-refractivity contribution >= 4 is 11.4 Å². The highest BCUT2D eigenvalue weighted by molar-refractivity contribution is 5.70. The van der Waals surface area contributed by atoms with Crippen molar-refractivity contribution in [2.75, 3.05) is 23.8 Å². The maximum Gasteiger partial charge on any atom is 0.167 e. The number of ether oxygens (including phenoxy) is 1. The molecule has 1 aliphatic heterocycles. The standard InChI is InChI=1S/C17H25FN2O/c1-2-21-17-11-16(14(19)10-13(17)18)20-9-5-7-12-6-3-4-8-15(12)20/h10-12,15H,2-9,19H2,1H3. The lowest BCUT2D eigenvalue weighted by atomic mass is 9.78. The molecule has 0 spiro atoms. The maximum absolute atomic E-state index is 13.9. The van der Waals surface area contributed by atoms with Crippen molar-refractivity contribution in [2.45, 2.75) is 51.5 Å². The van der Waals surface area contributed by atoms with Crippen LogP contribution in [0, 0.1) is 11.7 Å². The molecule has 2 N–H and O–H groups in total. The van der Waals surface area contributed by atoms with E-state index in [4.69, 9.17) is 10.5 Å². The second-order valence-corrected chi connectivity index (χ2v) is 6.22. The van der Waals surface area contributed by atoms with Gasteiger partial charge < -0.3 is 15.4 Å². The van der Waals surface area contributed by atoms with Gasteiger partial charge in [-0.05, 0) is 38.5 Å². The van der Waals surface area contributed by atoms with Gasteiger partial charge in [0.1, 0.15) is 0 Å². The van der Waals surface area contributed by atoms with E-state index in [9.17, 15) is 4.39 Å². The third-order valence-corrected chi connectivity index (χ3v) is 4.93. The zero-order valence-corrected chi connectivity index (χ0v) is 12.8. The van der Waals surface area contributed by atoms with Crippen molar-refractivity contribution in [1.82, 2.24) is 0 Å². The smallest absolute Gasteiger partial charge is 0.167 e. The molecular formula is C17H25FN2O. The van der Waals surface area contributed by atoms with Crippen LogP contribution in [0.25, 0.3) is 0 Å². The molecule has 1 saturated carbocycles. The average Bonchev–Trinajstić information content (AvgIpc) is 2.50. The van der Waals surface area contributed by atoms with Gasteiger partial charge in [0.05, 0.1) is 18.0 Å². The normalized spacial score (nSPS) is 25.5. The quantitative estimate of drug-likeness (QED) is 0.857. The second-order valence-electron chi connectivity index (χ2n) is 6.22. The molecule has 2 aliphatic rings. The number of anilines is 2. The Kier molecular flexibility index (Phi) is 4.22. The number of benzene rings is 1. The number of nitrogen functional groups attached to an aromatic ring is 1. The van der Waals surface area contributed by atoms with Gasteiger partial charge in [0.15, 0.2) is 11.6 Å². The summed E-state index contributed by atoms with van der Waals surface area (Å²) in [5, 5.41) is 0. The van der Waals surface area contributed by atoms with E-state index < -0.39 is 0 Å². The molecule has 3 rings (SSSR count). The number of piperidine rings is 1. The van der Waals surface area contributed by atoms with Gasteiger partial charge in [-0.1, -0.05) is 12.8 Å². The molecule has 0 aromatic heterocycles. The van der Waals surface area contributed by atoms with Crippen molar-refractivity contribution in [3.05, 3.63) is 17.9 Å². The Morgan fingerprint density at radius 2 is 2.00 bits per heavy atom. The van der Waals surface area contributed by atoms with Gasteiger partial charge in [-0.2, -0.15) is 0 Å². The number of nitrogens with zero attached hydrogens (tertiary/aromatic N) is 1. The highest BCUT2D eigenvalue weighted by Gasteiger charge is 2.34. The van der Waals surface area contributed by atoms with Gasteiger partial charge in [0.25, 0.3) is 0 Å². The highest BCUT2D eigenvalue weighted by atomic mass is 19.1. The third-order valence-electron chi connectivity index (χ3n) is 4.93. The summed E-state index contributed by atoms with van der Waals surface area (Å²) < 4.78 is 19.3. The van der Waals surface area contributed by atoms with E-state index in [0.717, 1.165) is 18.2 Å². The number of rotatable bonds is 3. The van der Waals surface area contributed by atoms with Crippen LogP contribution in [0.1, 0.15) is 45.4 Å². The topological polar surface area (TPSA) is 38.5 Å². The molecule has 1 saturated heterocycles. The molecule has 2 fully saturated rings. The fourth-order valence-corrected chi connectivity index (χ4v) is 4.00. The Hall–Kier alpha value is -1.45. The molecule has 116 valence electrons. The Morgan fingerprint density at radius 1 is 1.24 bits per heavy atom. The van der Waals surface area contributed by atoms with Crippen LogP contribution in [0.2, 0.25) is 0 Å². The maximum atomic E-state index is 13.9. The van der Waals surface area contributed by atoms with Gasteiger partial charge in [0, 0.05) is 24.7 Å². The van der Waals surface area contributed by atoms with E-state index in [1.807, 2.05) is 6.92 Å². The zero-order valence-electron chi connectivity index (χ0n) is 12.8. The summed E-state index contributed by atoms with van der Waals surface area (Å²) in [6.07, 6.45) is 7.70. The first-order valence-corrected chi connectivity index (χ1v) is 8.19. The molecule has 1 aromatic carbocycles. The van der Waals surface area contributed by atoms with Crippen LogP contribution in [-0.2, 0) is 0 Å². The number of halogens is 1. The number of hydrogen-bond acceptors (Lipinski definition) is 3. The largest absolute Gasteiger partial charge is 0.491 e. The first kappa shape index (κ1) is 14.5. The first-order valence-electron chi connectivity index (χ1n) is 8.19. The second kappa shape index (κ2) is 6.12. The molecule has 4 heteroatoms. The lowest BCUT2D eigenvalue weighted by molar-refractivity contribution is 0.243. The van der Waals surface area contributed by atoms with E-state index in [1.165, 1.54) is 44.6 Å². The van der Waals surface area contributed by atoms with E-state index in [0.29, 0.717) is 24.1 Å². The van der Waals surface area contributed by atoms with Gasteiger partial charge >= 0.3 is 0 Å². The predicted octanol–water partition coefficient (Wildman–Crippen LogP) is 3.97. The molecule has 1 aliphatic carbocycles. The summed E-state index contributed by atoms with van der Waals surface area (Å²) in [5.41, 5.74) is 7.59. The molecule has 21 heavy (non-hydrogen) atoms. The predicted molar refractivity (Wildman–Crippen MR) is 84.3 cm³/mol. The number of nitrogens with two attached hydrogens (primary N) is 1. The SMILES string of the molecule is CCOc1cc(N2CCCC3CCCCC32)c(N)cc1F. The van der Waals surface area contributed by atoms with Gasteiger partial charge in [0.2, 0.25) is 0 Å². The fraction of sp³-hybridized carbons (Fsp3) is 0.647. The average molecular weight is 292 g/mol. The van der Waals surface area contributed by atoms with Gasteiger partial charge in [-0.25, -0.2) is 4.39 Å². The summed E-state index contributed by atoms with van der Waals surface area (Å²) >= 11 is 0. The Labute approximate surface area is 126 Å². The summed E-state index contributed by atoms with van der Waals surface area (Å²) in [4.78, 5) is 2.41. The molecule has 0 amide bonds. The van der Waals surface area contributed by atoms with E-state index in [1.54, 1.807) is 6.07 Å². The Balaban J connectivity index is 1.92. The molecule has 0 radical (unpaired) electrons. The van der Waals surface area contributed by atoms with Crippen LogP contribution in [0.4, 0.5) is 15.8 Å². The monoisotopic (exact) mass is 292 g/mol. The molecule has 0 bridgehead atoms. The first-order chi connectivity index (χ1) is 10.2. The van der Waals surface area contributed by atoms with E-state index in [2.05, 4.69) is 4.90 Å². The number of fused-ring (bicyclic) bond motifs is 1. The van der Waals surface area contributed by atoms with Crippen LogP contribution in [0.15, 0.2) is 12.1 Å². The minimum atomic E-state index is -0.365. The number of hydrogen-bond donors (Lipinski definition) is 1. The minimum Gasteiger partial charge on any atom is -0.491 e. The molecule has 2 unspecified atom stereocenters. The van der Waals surface area contributed by atoms with Gasteiger partial charge in [-0.15, -0.1) is 0 Å². The summed E-state index contributed by atoms with van der Waals surface area (Å²) in [6, 6.07) is 3.77. The molecule has 2 atom stereocenters. The van der Waals surface area contributed by atoms with Crippen molar-refractivity contribution in [1.29, 1.82) is 0 Å². The third kappa shape index (κ3) is 2.81. The van der Waals surface area contributed by atoms with E-state index in [-0.39, 0.29) is 5.82 Å². The van der Waals surface area contributed by atoms with Crippen molar-refractivity contribution in [2.24, 2.45) is 5.92 Å².